The Labute approximate surface area is 155 Å². The van der Waals surface area contributed by atoms with E-state index in [1.165, 1.54) is 17.3 Å². The van der Waals surface area contributed by atoms with Gasteiger partial charge in [-0.2, -0.15) is 0 Å². The van der Waals surface area contributed by atoms with E-state index in [4.69, 9.17) is 0 Å². The van der Waals surface area contributed by atoms with Crippen LogP contribution >= 0.6 is 11.8 Å². The zero-order valence-electron chi connectivity index (χ0n) is 14.3. The number of aromatic nitrogens is 5. The molecule has 2 aromatic carbocycles. The van der Waals surface area contributed by atoms with Crippen LogP contribution in [0.3, 0.4) is 0 Å². The van der Waals surface area contributed by atoms with Gasteiger partial charge in [0.2, 0.25) is 0 Å². The highest BCUT2D eigenvalue weighted by Gasteiger charge is 2.16. The monoisotopic (exact) mass is 359 g/mol. The minimum Gasteiger partial charge on any atom is -0.298 e. The van der Waals surface area contributed by atoms with Crippen LogP contribution in [-0.4, -0.2) is 24.7 Å². The standard InChI is InChI=1S/C20H17N5S/c1-3-11-25-18(15-7-5-4-6-8-15)23-24-20(25)26-19-16-12-14(2)9-10-17(16)21-13-22-19/h3-10,12-13H,1,11H2,2H3. The summed E-state index contributed by atoms with van der Waals surface area (Å²) in [6.45, 7) is 6.56. The van der Waals surface area contributed by atoms with Crippen LogP contribution in [0.25, 0.3) is 22.3 Å². The van der Waals surface area contributed by atoms with Crippen LogP contribution in [0, 0.1) is 6.92 Å². The number of hydrogen-bond acceptors (Lipinski definition) is 5. The molecule has 2 aromatic heterocycles. The van der Waals surface area contributed by atoms with Crippen molar-refractivity contribution in [3.8, 4) is 11.4 Å². The minimum absolute atomic E-state index is 0.627. The van der Waals surface area contributed by atoms with Crippen molar-refractivity contribution in [1.29, 1.82) is 0 Å². The molecule has 0 spiro atoms. The smallest absolute Gasteiger partial charge is 0.198 e. The molecule has 0 bridgehead atoms. The van der Waals surface area contributed by atoms with E-state index >= 15 is 0 Å². The van der Waals surface area contributed by atoms with Crippen molar-refractivity contribution in [3.63, 3.8) is 0 Å². The molecular formula is C20H17N5S. The van der Waals surface area contributed by atoms with E-state index in [1.54, 1.807) is 6.33 Å². The van der Waals surface area contributed by atoms with Crippen molar-refractivity contribution in [2.75, 3.05) is 0 Å². The van der Waals surface area contributed by atoms with Gasteiger partial charge < -0.3 is 0 Å². The van der Waals surface area contributed by atoms with E-state index in [0.29, 0.717) is 6.54 Å². The molecule has 0 aliphatic rings. The number of rotatable bonds is 5. The molecule has 5 nitrogen and oxygen atoms in total. The zero-order valence-corrected chi connectivity index (χ0v) is 15.1. The first-order valence-electron chi connectivity index (χ1n) is 8.25. The molecule has 4 rings (SSSR count). The Morgan fingerprint density at radius 2 is 1.92 bits per heavy atom. The highest BCUT2D eigenvalue weighted by atomic mass is 32.2. The summed E-state index contributed by atoms with van der Waals surface area (Å²) in [6.07, 6.45) is 3.44. The molecule has 0 atom stereocenters. The maximum atomic E-state index is 4.47. The van der Waals surface area contributed by atoms with Crippen LogP contribution in [0.4, 0.5) is 0 Å². The molecule has 26 heavy (non-hydrogen) atoms. The summed E-state index contributed by atoms with van der Waals surface area (Å²) in [7, 11) is 0. The normalized spacial score (nSPS) is 11.0. The summed E-state index contributed by atoms with van der Waals surface area (Å²) in [4.78, 5) is 8.82. The van der Waals surface area contributed by atoms with E-state index < -0.39 is 0 Å². The van der Waals surface area contributed by atoms with Crippen LogP contribution in [0.1, 0.15) is 5.56 Å². The largest absolute Gasteiger partial charge is 0.298 e. The molecule has 2 heterocycles. The van der Waals surface area contributed by atoms with Gasteiger partial charge in [-0.1, -0.05) is 48.0 Å². The summed E-state index contributed by atoms with van der Waals surface area (Å²) in [5, 5.41) is 11.5. The highest BCUT2D eigenvalue weighted by molar-refractivity contribution is 7.99. The van der Waals surface area contributed by atoms with Gasteiger partial charge >= 0.3 is 0 Å². The SMILES string of the molecule is C=CCn1c(Sc2ncnc3ccc(C)cc23)nnc1-c1ccccc1. The predicted molar refractivity (Wildman–Crippen MR) is 104 cm³/mol. The fourth-order valence-corrected chi connectivity index (χ4v) is 3.67. The van der Waals surface area contributed by atoms with Crippen molar-refractivity contribution in [2.24, 2.45) is 0 Å². The number of nitrogens with zero attached hydrogens (tertiary/aromatic N) is 5. The molecule has 0 saturated carbocycles. The van der Waals surface area contributed by atoms with Gasteiger partial charge in [0.1, 0.15) is 11.4 Å². The summed E-state index contributed by atoms with van der Waals surface area (Å²) in [6, 6.07) is 16.2. The molecule has 128 valence electrons. The Morgan fingerprint density at radius 3 is 2.73 bits per heavy atom. The molecule has 0 saturated heterocycles. The molecule has 0 fully saturated rings. The molecule has 0 aliphatic heterocycles. The Balaban J connectivity index is 1.79. The van der Waals surface area contributed by atoms with Crippen molar-refractivity contribution >= 4 is 22.7 Å². The van der Waals surface area contributed by atoms with Gasteiger partial charge in [0.25, 0.3) is 0 Å². The average Bonchev–Trinajstić information content (AvgIpc) is 3.06. The number of benzene rings is 2. The molecule has 0 aliphatic carbocycles. The topological polar surface area (TPSA) is 56.5 Å². The van der Waals surface area contributed by atoms with E-state index in [-0.39, 0.29) is 0 Å². The summed E-state index contributed by atoms with van der Waals surface area (Å²) in [5.74, 6) is 0.822. The first-order chi connectivity index (χ1) is 12.8. The Kier molecular flexibility index (Phi) is 4.50. The minimum atomic E-state index is 0.627. The molecule has 4 aromatic rings. The van der Waals surface area contributed by atoms with Crippen molar-refractivity contribution < 1.29 is 0 Å². The van der Waals surface area contributed by atoms with Gasteiger partial charge in [-0.05, 0) is 30.8 Å². The molecule has 6 heteroatoms. The molecular weight excluding hydrogens is 342 g/mol. The number of fused-ring (bicyclic) bond motifs is 1. The van der Waals surface area contributed by atoms with Crippen LogP contribution < -0.4 is 0 Å². The van der Waals surface area contributed by atoms with Gasteiger partial charge in [0.05, 0.1) is 5.52 Å². The maximum Gasteiger partial charge on any atom is 0.198 e. The van der Waals surface area contributed by atoms with E-state index in [9.17, 15) is 0 Å². The number of aryl methyl sites for hydroxylation is 1. The Hall–Kier alpha value is -2.99. The number of hydrogen-bond donors (Lipinski definition) is 0. The van der Waals surface area contributed by atoms with Crippen LogP contribution in [0.15, 0.2) is 77.7 Å². The van der Waals surface area contributed by atoms with Crippen LogP contribution in [0.2, 0.25) is 0 Å². The van der Waals surface area contributed by atoms with Crippen molar-refractivity contribution in [3.05, 3.63) is 73.1 Å². The summed E-state index contributed by atoms with van der Waals surface area (Å²) in [5.41, 5.74) is 3.12. The third-order valence-electron chi connectivity index (χ3n) is 4.00. The van der Waals surface area contributed by atoms with Gasteiger partial charge in [-0.15, -0.1) is 16.8 Å². The van der Waals surface area contributed by atoms with Crippen LogP contribution in [0.5, 0.6) is 0 Å². The predicted octanol–water partition coefficient (Wildman–Crippen LogP) is 4.53. The second-order valence-corrected chi connectivity index (χ2v) is 6.83. The third kappa shape index (κ3) is 3.11. The quantitative estimate of drug-likeness (QED) is 0.387. The summed E-state index contributed by atoms with van der Waals surface area (Å²) >= 11 is 1.50. The third-order valence-corrected chi connectivity index (χ3v) is 5.01. The Morgan fingerprint density at radius 1 is 1.08 bits per heavy atom. The lowest BCUT2D eigenvalue weighted by Gasteiger charge is -2.08. The van der Waals surface area contributed by atoms with E-state index in [2.05, 4.69) is 50.4 Å². The van der Waals surface area contributed by atoms with Gasteiger partial charge in [-0.25, -0.2) is 9.97 Å². The lowest BCUT2D eigenvalue weighted by atomic mass is 10.2. The fraction of sp³-hybridized carbons (Fsp3) is 0.100. The second-order valence-electron chi connectivity index (χ2n) is 5.87. The number of allylic oxidation sites excluding steroid dienone is 1. The zero-order chi connectivity index (χ0) is 17.9. The first-order valence-corrected chi connectivity index (χ1v) is 9.06. The Bertz CT molecular complexity index is 1070. The van der Waals surface area contributed by atoms with Crippen LogP contribution in [-0.2, 0) is 6.54 Å². The van der Waals surface area contributed by atoms with Gasteiger partial charge in [0.15, 0.2) is 11.0 Å². The fourth-order valence-electron chi connectivity index (χ4n) is 2.77. The maximum absolute atomic E-state index is 4.47. The molecule has 0 radical (unpaired) electrons. The lowest BCUT2D eigenvalue weighted by molar-refractivity contribution is 0.730. The second kappa shape index (κ2) is 7.09. The van der Waals surface area contributed by atoms with Gasteiger partial charge in [0, 0.05) is 17.5 Å². The molecule has 0 unspecified atom stereocenters. The lowest BCUT2D eigenvalue weighted by Crippen LogP contribution is -2.00. The molecule has 0 N–H and O–H groups in total. The van der Waals surface area contributed by atoms with E-state index in [1.807, 2.05) is 42.5 Å². The first kappa shape index (κ1) is 16.5. The van der Waals surface area contributed by atoms with Crippen molar-refractivity contribution in [2.45, 2.75) is 23.7 Å². The average molecular weight is 359 g/mol. The summed E-state index contributed by atoms with van der Waals surface area (Å²) < 4.78 is 2.05. The molecule has 0 amide bonds. The van der Waals surface area contributed by atoms with Crippen molar-refractivity contribution in [1.82, 2.24) is 24.7 Å². The highest BCUT2D eigenvalue weighted by Crippen LogP contribution is 2.32. The van der Waals surface area contributed by atoms with Gasteiger partial charge in [-0.3, -0.25) is 4.57 Å². The van der Waals surface area contributed by atoms with E-state index in [0.717, 1.165) is 32.5 Å².